The number of rotatable bonds is 7. The molecule has 0 radical (unpaired) electrons. The maximum atomic E-state index is 12.1. The summed E-state index contributed by atoms with van der Waals surface area (Å²) in [6, 6.07) is 12.9. The molecule has 0 atom stereocenters. The molecule has 138 valence electrons. The second-order valence-corrected chi connectivity index (χ2v) is 6.95. The van der Waals surface area contributed by atoms with Crippen LogP contribution in [0.2, 0.25) is 10.0 Å². The van der Waals surface area contributed by atoms with Crippen molar-refractivity contribution in [3.05, 3.63) is 63.6 Å². The van der Waals surface area contributed by atoms with Gasteiger partial charge in [-0.1, -0.05) is 41.4 Å². The van der Waals surface area contributed by atoms with Crippen molar-refractivity contribution < 1.29 is 9.59 Å². The molecule has 0 aliphatic rings. The number of carbonyl (C=O) groups is 2. The van der Waals surface area contributed by atoms with Crippen molar-refractivity contribution in [3.8, 4) is 0 Å². The van der Waals surface area contributed by atoms with E-state index >= 15 is 0 Å². The van der Waals surface area contributed by atoms with E-state index in [9.17, 15) is 9.59 Å². The Morgan fingerprint density at radius 1 is 1.04 bits per heavy atom. The van der Waals surface area contributed by atoms with E-state index in [1.54, 1.807) is 17.0 Å². The first-order chi connectivity index (χ1) is 12.4. The number of amides is 2. The SMILES string of the molecule is CC(=O)N(CCC(=O)NCCc1ccc(Cl)cc1)c1cc(Cl)ccc1C. The molecule has 2 rings (SSSR count). The molecule has 0 saturated heterocycles. The van der Waals surface area contributed by atoms with E-state index in [2.05, 4.69) is 5.32 Å². The van der Waals surface area contributed by atoms with Crippen LogP contribution in [0.5, 0.6) is 0 Å². The van der Waals surface area contributed by atoms with Gasteiger partial charge in [-0.25, -0.2) is 0 Å². The molecule has 6 heteroatoms. The first-order valence-electron chi connectivity index (χ1n) is 8.42. The zero-order valence-corrected chi connectivity index (χ0v) is 16.4. The van der Waals surface area contributed by atoms with E-state index in [0.29, 0.717) is 23.1 Å². The second kappa shape index (κ2) is 9.60. The van der Waals surface area contributed by atoms with Crippen molar-refractivity contribution >= 4 is 40.7 Å². The average Bonchev–Trinajstić information content (AvgIpc) is 2.59. The number of anilines is 1. The van der Waals surface area contributed by atoms with Crippen LogP contribution in [-0.2, 0) is 16.0 Å². The number of benzene rings is 2. The summed E-state index contributed by atoms with van der Waals surface area (Å²) in [5.41, 5.74) is 2.78. The second-order valence-electron chi connectivity index (χ2n) is 6.08. The standard InChI is InChI=1S/C20H22Cl2N2O2/c1-14-3-6-18(22)13-19(14)24(15(2)25)12-10-20(26)23-11-9-16-4-7-17(21)8-5-16/h3-8,13H,9-12H2,1-2H3,(H,23,26). The zero-order valence-electron chi connectivity index (χ0n) is 14.9. The molecule has 0 unspecified atom stereocenters. The first-order valence-corrected chi connectivity index (χ1v) is 9.18. The maximum Gasteiger partial charge on any atom is 0.223 e. The van der Waals surface area contributed by atoms with E-state index in [1.807, 2.05) is 37.3 Å². The van der Waals surface area contributed by atoms with Gasteiger partial charge in [-0.15, -0.1) is 0 Å². The van der Waals surface area contributed by atoms with Gasteiger partial charge < -0.3 is 10.2 Å². The molecule has 2 aromatic carbocycles. The van der Waals surface area contributed by atoms with Gasteiger partial charge in [-0.05, 0) is 48.7 Å². The Balaban J connectivity index is 1.86. The summed E-state index contributed by atoms with van der Waals surface area (Å²) in [6.45, 7) is 4.24. The van der Waals surface area contributed by atoms with E-state index in [-0.39, 0.29) is 18.2 Å². The van der Waals surface area contributed by atoms with Gasteiger partial charge in [-0.3, -0.25) is 9.59 Å². The van der Waals surface area contributed by atoms with Crippen LogP contribution in [0.25, 0.3) is 0 Å². The predicted molar refractivity (Wildman–Crippen MR) is 107 cm³/mol. The number of carbonyl (C=O) groups excluding carboxylic acids is 2. The summed E-state index contributed by atoms with van der Waals surface area (Å²) in [5, 5.41) is 4.13. The predicted octanol–water partition coefficient (Wildman–Crippen LogP) is 4.40. The number of halogens is 2. The first kappa shape index (κ1) is 20.3. The van der Waals surface area contributed by atoms with Crippen LogP contribution in [0.3, 0.4) is 0 Å². The van der Waals surface area contributed by atoms with Crippen LogP contribution in [0.1, 0.15) is 24.5 Å². The van der Waals surface area contributed by atoms with E-state index in [1.165, 1.54) is 6.92 Å². The number of hydrogen-bond donors (Lipinski definition) is 1. The van der Waals surface area contributed by atoms with Crippen LogP contribution in [-0.4, -0.2) is 24.9 Å². The summed E-state index contributed by atoms with van der Waals surface area (Å²) in [5.74, 6) is -0.214. The van der Waals surface area contributed by atoms with Crippen molar-refractivity contribution in [1.82, 2.24) is 5.32 Å². The Labute approximate surface area is 164 Å². The van der Waals surface area contributed by atoms with Crippen molar-refractivity contribution in [3.63, 3.8) is 0 Å². The highest BCUT2D eigenvalue weighted by molar-refractivity contribution is 6.31. The lowest BCUT2D eigenvalue weighted by atomic mass is 10.1. The van der Waals surface area contributed by atoms with Crippen molar-refractivity contribution in [1.29, 1.82) is 0 Å². The third kappa shape index (κ3) is 6.04. The quantitative estimate of drug-likeness (QED) is 0.758. The van der Waals surface area contributed by atoms with Crippen LogP contribution >= 0.6 is 23.2 Å². The molecule has 2 aromatic rings. The van der Waals surface area contributed by atoms with Crippen molar-refractivity contribution in [2.24, 2.45) is 0 Å². The monoisotopic (exact) mass is 392 g/mol. The molecule has 2 amide bonds. The van der Waals surface area contributed by atoms with Crippen molar-refractivity contribution in [2.45, 2.75) is 26.7 Å². The van der Waals surface area contributed by atoms with E-state index < -0.39 is 0 Å². The highest BCUT2D eigenvalue weighted by Gasteiger charge is 2.15. The Bertz CT molecular complexity index is 776. The molecule has 0 spiro atoms. The summed E-state index contributed by atoms with van der Waals surface area (Å²) in [4.78, 5) is 25.7. The van der Waals surface area contributed by atoms with Crippen LogP contribution in [0.15, 0.2) is 42.5 Å². The third-order valence-corrected chi connectivity index (χ3v) is 4.54. The maximum absolute atomic E-state index is 12.1. The van der Waals surface area contributed by atoms with Gasteiger partial charge in [0.05, 0.1) is 0 Å². The highest BCUT2D eigenvalue weighted by Crippen LogP contribution is 2.24. The average molecular weight is 393 g/mol. The molecular formula is C20H22Cl2N2O2. The highest BCUT2D eigenvalue weighted by atomic mass is 35.5. The van der Waals surface area contributed by atoms with Gasteiger partial charge in [0.2, 0.25) is 11.8 Å². The minimum absolute atomic E-state index is 0.0927. The number of nitrogens with zero attached hydrogens (tertiary/aromatic N) is 1. The Hall–Kier alpha value is -2.04. The Morgan fingerprint density at radius 3 is 2.35 bits per heavy atom. The molecule has 0 heterocycles. The van der Waals surface area contributed by atoms with Gasteiger partial charge in [0.1, 0.15) is 0 Å². The third-order valence-electron chi connectivity index (χ3n) is 4.05. The van der Waals surface area contributed by atoms with Gasteiger partial charge in [0, 0.05) is 42.2 Å². The topological polar surface area (TPSA) is 49.4 Å². The zero-order chi connectivity index (χ0) is 19.1. The lowest BCUT2D eigenvalue weighted by Crippen LogP contribution is -2.34. The minimum atomic E-state index is -0.121. The summed E-state index contributed by atoms with van der Waals surface area (Å²) < 4.78 is 0. The smallest absolute Gasteiger partial charge is 0.223 e. The molecular weight excluding hydrogens is 371 g/mol. The normalized spacial score (nSPS) is 10.5. The van der Waals surface area contributed by atoms with Crippen LogP contribution in [0, 0.1) is 6.92 Å². The minimum Gasteiger partial charge on any atom is -0.356 e. The van der Waals surface area contributed by atoms with Crippen LogP contribution in [0.4, 0.5) is 5.69 Å². The molecule has 4 nitrogen and oxygen atoms in total. The Morgan fingerprint density at radius 2 is 1.69 bits per heavy atom. The summed E-state index contributed by atoms with van der Waals surface area (Å²) >= 11 is 11.9. The summed E-state index contributed by atoms with van der Waals surface area (Å²) in [6.07, 6.45) is 0.957. The lowest BCUT2D eigenvalue weighted by molar-refractivity contribution is -0.121. The number of aryl methyl sites for hydroxylation is 1. The fourth-order valence-electron chi connectivity index (χ4n) is 2.62. The van der Waals surface area contributed by atoms with E-state index in [0.717, 1.165) is 23.2 Å². The molecule has 0 saturated carbocycles. The molecule has 0 fully saturated rings. The molecule has 0 bridgehead atoms. The lowest BCUT2D eigenvalue weighted by Gasteiger charge is -2.23. The fraction of sp³-hybridized carbons (Fsp3) is 0.300. The van der Waals surface area contributed by atoms with Gasteiger partial charge in [-0.2, -0.15) is 0 Å². The van der Waals surface area contributed by atoms with Crippen molar-refractivity contribution in [2.75, 3.05) is 18.0 Å². The number of hydrogen-bond acceptors (Lipinski definition) is 2. The largest absolute Gasteiger partial charge is 0.356 e. The summed E-state index contributed by atoms with van der Waals surface area (Å²) in [7, 11) is 0. The molecule has 0 aromatic heterocycles. The molecule has 1 N–H and O–H groups in total. The molecule has 0 aliphatic carbocycles. The van der Waals surface area contributed by atoms with E-state index in [4.69, 9.17) is 23.2 Å². The molecule has 26 heavy (non-hydrogen) atoms. The number of nitrogens with one attached hydrogen (secondary N) is 1. The van der Waals surface area contributed by atoms with Gasteiger partial charge in [0.15, 0.2) is 0 Å². The van der Waals surface area contributed by atoms with Gasteiger partial charge >= 0.3 is 0 Å². The van der Waals surface area contributed by atoms with Gasteiger partial charge in [0.25, 0.3) is 0 Å². The molecule has 0 aliphatic heterocycles. The fourth-order valence-corrected chi connectivity index (χ4v) is 2.91. The van der Waals surface area contributed by atoms with Crippen LogP contribution < -0.4 is 10.2 Å². The Kier molecular flexibility index (Phi) is 7.49.